The number of amides is 1. The van der Waals surface area contributed by atoms with Gasteiger partial charge in [-0.1, -0.05) is 56.3 Å². The van der Waals surface area contributed by atoms with Crippen LogP contribution in [0.25, 0.3) is 0 Å². The van der Waals surface area contributed by atoms with E-state index in [4.69, 9.17) is 0 Å². The lowest BCUT2D eigenvalue weighted by Gasteiger charge is -2.18. The summed E-state index contributed by atoms with van der Waals surface area (Å²) in [5.41, 5.74) is 3.28. The first kappa shape index (κ1) is 16.3. The summed E-state index contributed by atoms with van der Waals surface area (Å²) in [4.78, 5) is 14.3. The van der Waals surface area contributed by atoms with Crippen molar-refractivity contribution in [1.29, 1.82) is 0 Å². The van der Waals surface area contributed by atoms with Crippen LogP contribution in [0, 0.1) is 5.92 Å². The predicted molar refractivity (Wildman–Crippen MR) is 92.1 cm³/mol. The summed E-state index contributed by atoms with van der Waals surface area (Å²) in [6.45, 7) is 5.12. The van der Waals surface area contributed by atoms with Crippen molar-refractivity contribution >= 4 is 5.91 Å². The van der Waals surface area contributed by atoms with E-state index >= 15 is 0 Å². The van der Waals surface area contributed by atoms with Crippen molar-refractivity contribution in [2.24, 2.45) is 5.92 Å². The van der Waals surface area contributed by atoms with Crippen LogP contribution in [0.5, 0.6) is 0 Å². The topological polar surface area (TPSA) is 20.3 Å². The molecule has 2 aromatic rings. The molecular formula is C20H25NO. The van der Waals surface area contributed by atoms with E-state index in [-0.39, 0.29) is 5.91 Å². The highest BCUT2D eigenvalue weighted by atomic mass is 16.2. The van der Waals surface area contributed by atoms with Crippen LogP contribution in [-0.2, 0) is 12.8 Å². The Balaban J connectivity index is 1.98. The molecule has 0 N–H and O–H groups in total. The maximum Gasteiger partial charge on any atom is 0.253 e. The summed E-state index contributed by atoms with van der Waals surface area (Å²) < 4.78 is 0. The predicted octanol–water partition coefficient (Wildman–Crippen LogP) is 4.20. The minimum Gasteiger partial charge on any atom is -0.341 e. The number of benzene rings is 2. The molecule has 0 saturated carbocycles. The molecular weight excluding hydrogens is 270 g/mol. The first-order valence-corrected chi connectivity index (χ1v) is 7.94. The number of hydrogen-bond donors (Lipinski definition) is 0. The Bertz CT molecular complexity index is 604. The van der Waals surface area contributed by atoms with Gasteiger partial charge in [0, 0.05) is 19.2 Å². The Morgan fingerprint density at radius 3 is 2.36 bits per heavy atom. The van der Waals surface area contributed by atoms with Gasteiger partial charge >= 0.3 is 0 Å². The van der Waals surface area contributed by atoms with Gasteiger partial charge in [0.25, 0.3) is 5.91 Å². The third-order valence-electron chi connectivity index (χ3n) is 3.74. The third kappa shape index (κ3) is 4.73. The average molecular weight is 295 g/mol. The second-order valence-corrected chi connectivity index (χ2v) is 6.26. The molecule has 1 amide bonds. The molecule has 2 heteroatoms. The molecule has 0 radical (unpaired) electrons. The largest absolute Gasteiger partial charge is 0.341 e. The standard InChI is InChI=1S/C20H25NO/c1-16(2)14-18-10-7-11-19(15-18)20(22)21(3)13-12-17-8-5-4-6-9-17/h4-11,15-16H,12-14H2,1-3H3. The molecule has 2 rings (SSSR count). The number of carbonyl (C=O) groups is 1. The fourth-order valence-corrected chi connectivity index (χ4v) is 2.57. The van der Waals surface area contributed by atoms with Crippen molar-refractivity contribution in [1.82, 2.24) is 4.90 Å². The first-order valence-electron chi connectivity index (χ1n) is 7.94. The molecule has 0 bridgehead atoms. The summed E-state index contributed by atoms with van der Waals surface area (Å²) in [5.74, 6) is 0.697. The van der Waals surface area contributed by atoms with Crippen LogP contribution in [-0.4, -0.2) is 24.4 Å². The minimum absolute atomic E-state index is 0.0986. The lowest BCUT2D eigenvalue weighted by molar-refractivity contribution is 0.0796. The van der Waals surface area contributed by atoms with E-state index in [1.165, 1.54) is 11.1 Å². The van der Waals surface area contributed by atoms with Crippen molar-refractivity contribution in [3.8, 4) is 0 Å². The van der Waals surface area contributed by atoms with Gasteiger partial charge in [-0.2, -0.15) is 0 Å². The van der Waals surface area contributed by atoms with Crippen molar-refractivity contribution in [2.45, 2.75) is 26.7 Å². The van der Waals surface area contributed by atoms with E-state index in [1.54, 1.807) is 0 Å². The van der Waals surface area contributed by atoms with Gasteiger partial charge in [-0.15, -0.1) is 0 Å². The van der Waals surface area contributed by atoms with Crippen molar-refractivity contribution in [2.75, 3.05) is 13.6 Å². The molecule has 0 aliphatic rings. The van der Waals surface area contributed by atoms with Crippen LogP contribution in [0.2, 0.25) is 0 Å². The zero-order valence-electron chi connectivity index (χ0n) is 13.8. The SMILES string of the molecule is CC(C)Cc1cccc(C(=O)N(C)CCc2ccccc2)c1. The second-order valence-electron chi connectivity index (χ2n) is 6.26. The van der Waals surface area contributed by atoms with E-state index in [1.807, 2.05) is 48.3 Å². The van der Waals surface area contributed by atoms with Crippen LogP contribution in [0.4, 0.5) is 0 Å². The van der Waals surface area contributed by atoms with Crippen LogP contribution >= 0.6 is 0 Å². The molecule has 0 heterocycles. The van der Waals surface area contributed by atoms with Crippen molar-refractivity contribution < 1.29 is 4.79 Å². The Labute approximate surface area is 133 Å². The van der Waals surface area contributed by atoms with Crippen molar-refractivity contribution in [3.63, 3.8) is 0 Å². The van der Waals surface area contributed by atoms with Gasteiger partial charge in [0.2, 0.25) is 0 Å². The van der Waals surface area contributed by atoms with Crippen LogP contribution in [0.3, 0.4) is 0 Å². The number of rotatable bonds is 6. The fraction of sp³-hybridized carbons (Fsp3) is 0.350. The van der Waals surface area contributed by atoms with Gasteiger partial charge in [0.15, 0.2) is 0 Å². The molecule has 0 saturated heterocycles. The van der Waals surface area contributed by atoms with E-state index in [2.05, 4.69) is 32.0 Å². The Morgan fingerprint density at radius 2 is 1.68 bits per heavy atom. The summed E-state index contributed by atoms with van der Waals surface area (Å²) >= 11 is 0. The molecule has 0 aliphatic carbocycles. The molecule has 0 unspecified atom stereocenters. The van der Waals surface area contributed by atoms with Crippen molar-refractivity contribution in [3.05, 3.63) is 71.3 Å². The van der Waals surface area contributed by atoms with Crippen LogP contribution in [0.15, 0.2) is 54.6 Å². The minimum atomic E-state index is 0.0986. The summed E-state index contributed by atoms with van der Waals surface area (Å²) in [5, 5.41) is 0. The van der Waals surface area contributed by atoms with E-state index in [0.29, 0.717) is 5.92 Å². The highest BCUT2D eigenvalue weighted by molar-refractivity contribution is 5.94. The number of likely N-dealkylation sites (N-methyl/N-ethyl adjacent to an activating group) is 1. The highest BCUT2D eigenvalue weighted by Gasteiger charge is 2.12. The Morgan fingerprint density at radius 1 is 1.00 bits per heavy atom. The number of hydrogen-bond acceptors (Lipinski definition) is 1. The first-order chi connectivity index (χ1) is 10.6. The van der Waals surface area contributed by atoms with Gasteiger partial charge < -0.3 is 4.90 Å². The molecule has 0 spiro atoms. The summed E-state index contributed by atoms with van der Waals surface area (Å²) in [6.07, 6.45) is 1.89. The van der Waals surface area contributed by atoms with Gasteiger partial charge in [-0.05, 0) is 42.0 Å². The third-order valence-corrected chi connectivity index (χ3v) is 3.74. The lowest BCUT2D eigenvalue weighted by Crippen LogP contribution is -2.28. The molecule has 0 aliphatic heterocycles. The molecule has 0 atom stereocenters. The van der Waals surface area contributed by atoms with Gasteiger partial charge in [-0.3, -0.25) is 4.79 Å². The highest BCUT2D eigenvalue weighted by Crippen LogP contribution is 2.12. The molecule has 0 fully saturated rings. The zero-order valence-corrected chi connectivity index (χ0v) is 13.8. The molecule has 0 aromatic heterocycles. The second kappa shape index (κ2) is 7.79. The average Bonchev–Trinajstić information content (AvgIpc) is 2.52. The van der Waals surface area contributed by atoms with Crippen LogP contribution < -0.4 is 0 Å². The fourth-order valence-electron chi connectivity index (χ4n) is 2.57. The van der Waals surface area contributed by atoms with E-state index < -0.39 is 0 Å². The van der Waals surface area contributed by atoms with Crippen LogP contribution in [0.1, 0.15) is 35.3 Å². The smallest absolute Gasteiger partial charge is 0.253 e. The molecule has 2 nitrogen and oxygen atoms in total. The van der Waals surface area contributed by atoms with Gasteiger partial charge in [0.05, 0.1) is 0 Å². The van der Waals surface area contributed by atoms with Gasteiger partial charge in [0.1, 0.15) is 0 Å². The molecule has 116 valence electrons. The zero-order chi connectivity index (χ0) is 15.9. The lowest BCUT2D eigenvalue weighted by atomic mass is 10.0. The molecule has 2 aromatic carbocycles. The summed E-state index contributed by atoms with van der Waals surface area (Å²) in [6, 6.07) is 18.3. The monoisotopic (exact) mass is 295 g/mol. The van der Waals surface area contributed by atoms with E-state index in [0.717, 1.165) is 24.9 Å². The quantitative estimate of drug-likeness (QED) is 0.782. The summed E-state index contributed by atoms with van der Waals surface area (Å²) in [7, 11) is 1.88. The Hall–Kier alpha value is -2.09. The number of carbonyl (C=O) groups excluding carboxylic acids is 1. The number of nitrogens with zero attached hydrogens (tertiary/aromatic N) is 1. The molecule has 22 heavy (non-hydrogen) atoms. The Kier molecular flexibility index (Phi) is 5.76. The van der Waals surface area contributed by atoms with E-state index in [9.17, 15) is 4.79 Å². The maximum absolute atomic E-state index is 12.5. The van der Waals surface area contributed by atoms with Gasteiger partial charge in [-0.25, -0.2) is 0 Å². The normalized spacial score (nSPS) is 10.7. The maximum atomic E-state index is 12.5.